The van der Waals surface area contributed by atoms with E-state index in [1.807, 2.05) is 6.92 Å². The molecule has 1 aromatic rings. The number of benzene rings is 1. The van der Waals surface area contributed by atoms with E-state index in [9.17, 15) is 18.0 Å². The molecule has 0 radical (unpaired) electrons. The molecule has 0 fully saturated rings. The molecule has 0 unspecified atom stereocenters. The lowest BCUT2D eigenvalue weighted by molar-refractivity contribution is -0.114. The largest absolute Gasteiger partial charge is 0.303 e. The van der Waals surface area contributed by atoms with Crippen molar-refractivity contribution in [1.82, 2.24) is 0 Å². The average molecular weight is 240 g/mol. The van der Waals surface area contributed by atoms with E-state index in [4.69, 9.17) is 0 Å². The van der Waals surface area contributed by atoms with E-state index in [1.165, 1.54) is 12.1 Å². The van der Waals surface area contributed by atoms with Crippen molar-refractivity contribution >= 4 is 21.2 Å². The Morgan fingerprint density at radius 2 is 1.81 bits per heavy atom. The van der Waals surface area contributed by atoms with Crippen molar-refractivity contribution in [2.45, 2.75) is 24.7 Å². The Kier molecular flexibility index (Phi) is 3.95. The molecule has 0 amide bonds. The number of hydrogen-bond donors (Lipinski definition) is 0. The van der Waals surface area contributed by atoms with Gasteiger partial charge in [-0.3, -0.25) is 4.79 Å². The van der Waals surface area contributed by atoms with Crippen molar-refractivity contribution in [2.75, 3.05) is 0 Å². The van der Waals surface area contributed by atoms with Crippen molar-refractivity contribution in [2.24, 2.45) is 0 Å². The van der Waals surface area contributed by atoms with E-state index in [1.54, 1.807) is 12.1 Å². The highest BCUT2D eigenvalue weighted by molar-refractivity contribution is 8.06. The molecule has 1 aromatic carbocycles. The summed E-state index contributed by atoms with van der Waals surface area (Å²) in [6.45, 7) is 1.82. The Morgan fingerprint density at radius 3 is 2.31 bits per heavy atom. The molecule has 16 heavy (non-hydrogen) atoms. The maximum absolute atomic E-state index is 11.7. The lowest BCUT2D eigenvalue weighted by Crippen LogP contribution is -2.14. The molecule has 0 aromatic heterocycles. The van der Waals surface area contributed by atoms with Crippen LogP contribution in [0.1, 0.15) is 18.4 Å². The maximum Gasteiger partial charge on any atom is 0.251 e. The number of rotatable bonds is 4. The summed E-state index contributed by atoms with van der Waals surface area (Å²) < 4.78 is 23.4. The summed E-state index contributed by atoms with van der Waals surface area (Å²) in [5.74, 6) is 0. The van der Waals surface area contributed by atoms with E-state index >= 15 is 0 Å². The van der Waals surface area contributed by atoms with Gasteiger partial charge < -0.3 is 4.79 Å². The maximum atomic E-state index is 11.7. The molecule has 0 spiro atoms. The first-order chi connectivity index (χ1) is 7.48. The van der Waals surface area contributed by atoms with Gasteiger partial charge in [0.25, 0.3) is 5.12 Å². The number of carbonyl (C=O) groups excluding carboxylic acids is 2. The van der Waals surface area contributed by atoms with Crippen LogP contribution in [0.25, 0.3) is 0 Å². The Labute approximate surface area is 94.2 Å². The van der Waals surface area contributed by atoms with Crippen LogP contribution in [0, 0.1) is 6.92 Å². The van der Waals surface area contributed by atoms with Gasteiger partial charge in [0.05, 0.1) is 4.90 Å². The Hall–Kier alpha value is -1.49. The molecule has 0 aliphatic rings. The normalized spacial score (nSPS) is 11.1. The zero-order valence-corrected chi connectivity index (χ0v) is 9.66. The number of aryl methyl sites for hydroxylation is 1. The third kappa shape index (κ3) is 2.76. The number of aldehydes is 1. The van der Waals surface area contributed by atoms with Crippen LogP contribution in [-0.2, 0) is 19.4 Å². The third-order valence-electron chi connectivity index (χ3n) is 2.10. The predicted molar refractivity (Wildman–Crippen MR) is 58.7 cm³/mol. The van der Waals surface area contributed by atoms with E-state index in [-0.39, 0.29) is 17.7 Å². The number of sulfone groups is 1. The Bertz CT molecular complexity index is 485. The van der Waals surface area contributed by atoms with Crippen molar-refractivity contribution in [3.8, 4) is 0 Å². The fourth-order valence-electron chi connectivity index (χ4n) is 1.16. The van der Waals surface area contributed by atoms with Gasteiger partial charge in [-0.15, -0.1) is 0 Å². The van der Waals surface area contributed by atoms with Crippen molar-refractivity contribution in [3.05, 3.63) is 29.8 Å². The lowest BCUT2D eigenvalue weighted by atomic mass is 10.2. The molecule has 86 valence electrons. The Morgan fingerprint density at radius 1 is 1.25 bits per heavy atom. The molecule has 0 bridgehead atoms. The first-order valence-corrected chi connectivity index (χ1v) is 6.25. The van der Waals surface area contributed by atoms with Crippen LogP contribution in [0.5, 0.6) is 0 Å². The molecule has 0 saturated carbocycles. The van der Waals surface area contributed by atoms with Crippen LogP contribution in [0.2, 0.25) is 0 Å². The van der Waals surface area contributed by atoms with E-state index in [2.05, 4.69) is 0 Å². The lowest BCUT2D eigenvalue weighted by Gasteiger charge is -2.02. The summed E-state index contributed by atoms with van der Waals surface area (Å²) in [4.78, 5) is 21.4. The molecule has 0 N–H and O–H groups in total. The van der Waals surface area contributed by atoms with Crippen LogP contribution in [-0.4, -0.2) is 19.8 Å². The fourth-order valence-corrected chi connectivity index (χ4v) is 2.30. The predicted octanol–water partition coefficient (Wildman–Crippen LogP) is 1.27. The van der Waals surface area contributed by atoms with Crippen LogP contribution >= 0.6 is 0 Å². The molecule has 4 nitrogen and oxygen atoms in total. The highest BCUT2D eigenvalue weighted by Crippen LogP contribution is 2.14. The summed E-state index contributed by atoms with van der Waals surface area (Å²) in [7, 11) is -3.93. The molecular formula is C11H12O4S. The quantitative estimate of drug-likeness (QED) is 0.743. The van der Waals surface area contributed by atoms with Crippen molar-refractivity contribution in [1.29, 1.82) is 0 Å². The van der Waals surface area contributed by atoms with E-state index in [0.29, 0.717) is 6.29 Å². The van der Waals surface area contributed by atoms with Gasteiger partial charge in [0, 0.05) is 12.8 Å². The first-order valence-electron chi connectivity index (χ1n) is 4.76. The summed E-state index contributed by atoms with van der Waals surface area (Å²) in [6.07, 6.45) is 0.201. The third-order valence-corrected chi connectivity index (χ3v) is 3.79. The smallest absolute Gasteiger partial charge is 0.251 e. The molecule has 1 rings (SSSR count). The first kappa shape index (κ1) is 12.6. The molecule has 0 aliphatic carbocycles. The van der Waals surface area contributed by atoms with Gasteiger partial charge in [-0.05, 0) is 19.1 Å². The Balaban J connectivity index is 2.97. The summed E-state index contributed by atoms with van der Waals surface area (Å²) in [5, 5.41) is -0.913. The van der Waals surface area contributed by atoms with Gasteiger partial charge in [0.1, 0.15) is 6.29 Å². The van der Waals surface area contributed by atoms with Crippen molar-refractivity contribution < 1.29 is 18.0 Å². The monoisotopic (exact) mass is 240 g/mol. The molecule has 0 saturated heterocycles. The number of hydrogen-bond acceptors (Lipinski definition) is 4. The van der Waals surface area contributed by atoms with Gasteiger partial charge in [0.15, 0.2) is 0 Å². The second-order valence-electron chi connectivity index (χ2n) is 3.39. The molecule has 0 atom stereocenters. The summed E-state index contributed by atoms with van der Waals surface area (Å²) >= 11 is 0. The van der Waals surface area contributed by atoms with E-state index in [0.717, 1.165) is 5.56 Å². The van der Waals surface area contributed by atoms with Gasteiger partial charge >= 0.3 is 0 Å². The number of carbonyl (C=O) groups is 2. The van der Waals surface area contributed by atoms with Gasteiger partial charge in [-0.2, -0.15) is 0 Å². The standard InChI is InChI=1S/C11H12O4S/c1-9-4-6-10(7-5-9)16(14,15)11(13)3-2-8-12/h4-8H,2-3H2,1H3. The summed E-state index contributed by atoms with van der Waals surface area (Å²) in [6, 6.07) is 6.03. The highest BCUT2D eigenvalue weighted by atomic mass is 32.2. The van der Waals surface area contributed by atoms with Crippen LogP contribution in [0.3, 0.4) is 0 Å². The van der Waals surface area contributed by atoms with Crippen molar-refractivity contribution in [3.63, 3.8) is 0 Å². The zero-order valence-electron chi connectivity index (χ0n) is 8.84. The highest BCUT2D eigenvalue weighted by Gasteiger charge is 2.23. The fraction of sp³-hybridized carbons (Fsp3) is 0.273. The van der Waals surface area contributed by atoms with Crippen LogP contribution in [0.4, 0.5) is 0 Å². The van der Waals surface area contributed by atoms with Gasteiger partial charge in [-0.25, -0.2) is 8.42 Å². The van der Waals surface area contributed by atoms with Gasteiger partial charge in [0.2, 0.25) is 9.84 Å². The van der Waals surface area contributed by atoms with Crippen LogP contribution in [0.15, 0.2) is 29.2 Å². The second-order valence-corrected chi connectivity index (χ2v) is 5.33. The minimum absolute atomic E-state index is 0.0194. The molecular weight excluding hydrogens is 228 g/mol. The zero-order chi connectivity index (χ0) is 12.2. The minimum atomic E-state index is -3.93. The molecule has 0 aliphatic heterocycles. The summed E-state index contributed by atoms with van der Waals surface area (Å²) in [5.41, 5.74) is 0.916. The van der Waals surface area contributed by atoms with Crippen LogP contribution < -0.4 is 0 Å². The van der Waals surface area contributed by atoms with Gasteiger partial charge in [-0.1, -0.05) is 17.7 Å². The minimum Gasteiger partial charge on any atom is -0.303 e. The molecule has 0 heterocycles. The SMILES string of the molecule is Cc1ccc(S(=O)(=O)C(=O)CCC=O)cc1. The average Bonchev–Trinajstić information content (AvgIpc) is 2.26. The topological polar surface area (TPSA) is 68.3 Å². The van der Waals surface area contributed by atoms with E-state index < -0.39 is 15.0 Å². The second kappa shape index (κ2) is 5.03. The molecule has 5 heteroatoms.